The van der Waals surface area contributed by atoms with Crippen LogP contribution in [0.15, 0.2) is 250 Å². The predicted molar refractivity (Wildman–Crippen MR) is 273 cm³/mol. The summed E-state index contributed by atoms with van der Waals surface area (Å²) in [5.74, 6) is 0. The molecule has 0 radical (unpaired) electrons. The molecule has 0 aromatic heterocycles. The van der Waals surface area contributed by atoms with Gasteiger partial charge in [0.2, 0.25) is 0 Å². The van der Waals surface area contributed by atoms with Crippen LogP contribution in [0.4, 0.5) is 34.1 Å². The summed E-state index contributed by atoms with van der Waals surface area (Å²) in [5, 5.41) is 7.33. The second kappa shape index (κ2) is 15.1. The lowest BCUT2D eigenvalue weighted by Gasteiger charge is -2.34. The molecule has 4 heteroatoms. The number of anilines is 6. The van der Waals surface area contributed by atoms with Crippen molar-refractivity contribution in [3.05, 3.63) is 231 Å². The second-order valence-electron chi connectivity index (χ2n) is 16.4. The lowest BCUT2D eigenvalue weighted by molar-refractivity contribution is 1.17. The summed E-state index contributed by atoms with van der Waals surface area (Å²) in [6.07, 6.45) is 0. The molecule has 0 saturated carbocycles. The predicted octanol–water partition coefficient (Wildman–Crippen LogP) is 18.0. The Morgan fingerprint density at radius 3 is 1.25 bits per heavy atom. The topological polar surface area (TPSA) is 6.48 Å². The number of benzene rings is 11. The number of hydrogen-bond donors (Lipinski definition) is 0. The van der Waals surface area contributed by atoms with E-state index >= 15 is 0 Å². The van der Waals surface area contributed by atoms with E-state index in [2.05, 4.69) is 240 Å². The fraction of sp³-hybridized carbons (Fsp3) is 0. The average Bonchev–Trinajstić information content (AvgIpc) is 3.36. The van der Waals surface area contributed by atoms with Gasteiger partial charge in [-0.2, -0.15) is 0 Å². The van der Waals surface area contributed by atoms with Gasteiger partial charge in [0.05, 0.1) is 22.7 Å². The van der Waals surface area contributed by atoms with E-state index in [0.29, 0.717) is 0 Å². The molecule has 2 aliphatic rings. The van der Waals surface area contributed by atoms with Gasteiger partial charge in [0.25, 0.3) is 0 Å². The molecule has 2 aliphatic heterocycles. The van der Waals surface area contributed by atoms with Crippen LogP contribution in [0, 0.1) is 0 Å². The van der Waals surface area contributed by atoms with Crippen molar-refractivity contribution in [3.63, 3.8) is 0 Å². The Balaban J connectivity index is 1.14. The molecule has 0 N–H and O–H groups in total. The highest BCUT2D eigenvalue weighted by Gasteiger charge is 2.28. The van der Waals surface area contributed by atoms with Crippen LogP contribution in [0.1, 0.15) is 0 Å². The largest absolute Gasteiger partial charge is 0.308 e. The average molecular weight is 851 g/mol. The monoisotopic (exact) mass is 850 g/mol. The van der Waals surface area contributed by atoms with Crippen molar-refractivity contribution in [1.29, 1.82) is 0 Å². The van der Waals surface area contributed by atoms with Crippen molar-refractivity contribution in [2.75, 3.05) is 9.80 Å². The Morgan fingerprint density at radius 2 is 0.688 bits per heavy atom. The van der Waals surface area contributed by atoms with Gasteiger partial charge in [-0.05, 0) is 138 Å². The number of hydrogen-bond acceptors (Lipinski definition) is 4. The van der Waals surface area contributed by atoms with E-state index in [0.717, 1.165) is 11.4 Å². The van der Waals surface area contributed by atoms with Crippen molar-refractivity contribution in [2.24, 2.45) is 0 Å². The Kier molecular flexibility index (Phi) is 8.75. The van der Waals surface area contributed by atoms with Gasteiger partial charge in [-0.3, -0.25) is 0 Å². The Hall–Kier alpha value is -7.50. The normalized spacial score (nSPS) is 12.8. The third-order valence-corrected chi connectivity index (χ3v) is 15.1. The number of nitrogens with zero attached hydrogens (tertiary/aromatic N) is 2. The van der Waals surface area contributed by atoms with Gasteiger partial charge in [0, 0.05) is 31.0 Å². The van der Waals surface area contributed by atoms with Crippen LogP contribution in [0.25, 0.3) is 65.7 Å². The quantitative estimate of drug-likeness (QED) is 0.159. The Morgan fingerprint density at radius 1 is 0.266 bits per heavy atom. The minimum atomic E-state index is 1.13. The zero-order chi connectivity index (χ0) is 42.1. The lowest BCUT2D eigenvalue weighted by atomic mass is 9.84. The minimum absolute atomic E-state index is 1.13. The highest BCUT2D eigenvalue weighted by atomic mass is 32.2. The first kappa shape index (κ1) is 37.1. The smallest absolute Gasteiger partial charge is 0.0601 e. The molecule has 0 fully saturated rings. The lowest BCUT2D eigenvalue weighted by Crippen LogP contribution is -2.15. The van der Waals surface area contributed by atoms with E-state index in [4.69, 9.17) is 0 Å². The van der Waals surface area contributed by atoms with E-state index in [9.17, 15) is 0 Å². The van der Waals surface area contributed by atoms with Crippen molar-refractivity contribution >= 4 is 90.0 Å². The Bertz CT molecular complexity index is 3540. The van der Waals surface area contributed by atoms with Crippen LogP contribution in [0.3, 0.4) is 0 Å². The molecule has 2 nitrogen and oxygen atoms in total. The van der Waals surface area contributed by atoms with Crippen molar-refractivity contribution in [1.82, 2.24) is 0 Å². The number of para-hydroxylation sites is 4. The highest BCUT2D eigenvalue weighted by molar-refractivity contribution is 8.00. The second-order valence-corrected chi connectivity index (χ2v) is 18.6. The summed E-state index contributed by atoms with van der Waals surface area (Å²) in [5.41, 5.74) is 14.3. The van der Waals surface area contributed by atoms with Gasteiger partial charge in [-0.15, -0.1) is 0 Å². The molecule has 64 heavy (non-hydrogen) atoms. The van der Waals surface area contributed by atoms with Crippen LogP contribution in [-0.2, 0) is 0 Å². The molecule has 0 aliphatic carbocycles. The molecule has 0 atom stereocenters. The number of rotatable bonds is 5. The number of fused-ring (bicyclic) bond motifs is 7. The third kappa shape index (κ3) is 5.98. The molecule has 300 valence electrons. The SMILES string of the molecule is c1ccc(-c2ccc(-c3c4cc(N5c6ccccc6Sc6ccccc65)ccc4c(-c4cccc5ccccc45)c4cc(N5c6ccccc6Sc6ccccc65)ccc34)cc2)cc1. The summed E-state index contributed by atoms with van der Waals surface area (Å²) in [4.78, 5) is 9.91. The van der Waals surface area contributed by atoms with Crippen molar-refractivity contribution in [3.8, 4) is 33.4 Å². The summed E-state index contributed by atoms with van der Waals surface area (Å²) in [6.45, 7) is 0. The molecule has 0 bridgehead atoms. The van der Waals surface area contributed by atoms with Crippen molar-refractivity contribution in [2.45, 2.75) is 19.6 Å². The van der Waals surface area contributed by atoms with E-state index in [1.165, 1.54) is 108 Å². The van der Waals surface area contributed by atoms with E-state index in [1.807, 2.05) is 23.5 Å². The fourth-order valence-corrected chi connectivity index (χ4v) is 12.1. The zero-order valence-electron chi connectivity index (χ0n) is 34.7. The first-order valence-corrected chi connectivity index (χ1v) is 23.4. The van der Waals surface area contributed by atoms with Crippen LogP contribution in [0.2, 0.25) is 0 Å². The van der Waals surface area contributed by atoms with Crippen molar-refractivity contribution < 1.29 is 0 Å². The molecule has 13 rings (SSSR count). The molecular weight excluding hydrogens is 813 g/mol. The van der Waals surface area contributed by atoms with E-state index < -0.39 is 0 Å². The maximum atomic E-state index is 2.46. The van der Waals surface area contributed by atoms with E-state index in [-0.39, 0.29) is 0 Å². The van der Waals surface area contributed by atoms with Gasteiger partial charge >= 0.3 is 0 Å². The molecule has 2 heterocycles. The molecular formula is C60H38N2S2. The maximum absolute atomic E-state index is 2.46. The van der Waals surface area contributed by atoms with E-state index in [1.54, 1.807) is 0 Å². The zero-order valence-corrected chi connectivity index (χ0v) is 36.3. The molecule has 0 unspecified atom stereocenters. The van der Waals surface area contributed by atoms with Gasteiger partial charge in [-0.25, -0.2) is 0 Å². The van der Waals surface area contributed by atoms with Gasteiger partial charge < -0.3 is 9.80 Å². The van der Waals surface area contributed by atoms with Gasteiger partial charge in [0.15, 0.2) is 0 Å². The minimum Gasteiger partial charge on any atom is -0.308 e. The third-order valence-electron chi connectivity index (χ3n) is 12.8. The first-order chi connectivity index (χ1) is 31.7. The summed E-state index contributed by atoms with van der Waals surface area (Å²) in [7, 11) is 0. The van der Waals surface area contributed by atoms with Crippen LogP contribution >= 0.6 is 23.5 Å². The fourth-order valence-electron chi connectivity index (χ4n) is 9.95. The maximum Gasteiger partial charge on any atom is 0.0601 e. The molecule has 11 aromatic carbocycles. The van der Waals surface area contributed by atoms with Crippen LogP contribution in [-0.4, -0.2) is 0 Å². The first-order valence-electron chi connectivity index (χ1n) is 21.7. The highest BCUT2D eigenvalue weighted by Crippen LogP contribution is 2.55. The van der Waals surface area contributed by atoms with Crippen LogP contribution < -0.4 is 9.80 Å². The summed E-state index contributed by atoms with van der Waals surface area (Å²) in [6, 6.07) is 85.1. The van der Waals surface area contributed by atoms with Crippen LogP contribution in [0.5, 0.6) is 0 Å². The van der Waals surface area contributed by atoms with Gasteiger partial charge in [0.1, 0.15) is 0 Å². The summed E-state index contributed by atoms with van der Waals surface area (Å²) >= 11 is 3.69. The molecule has 0 spiro atoms. The summed E-state index contributed by atoms with van der Waals surface area (Å²) < 4.78 is 0. The standard InChI is InChI=1S/C60H38N2S2/c1-2-15-39(16-3-1)40-29-31-42(32-30-40)59-47-35-33-44(62-53-23-8-12-27-57(53)64-58-28-13-9-24-54(58)62)38-50(47)60(46-20-14-18-41-17-4-5-19-45(41)46)48-36-34-43(37-49(48)59)61-51-21-6-10-25-55(51)63-56-26-11-7-22-52(56)61/h1-38H. The van der Waals surface area contributed by atoms with Gasteiger partial charge in [-0.1, -0.05) is 181 Å². The Labute approximate surface area is 381 Å². The molecule has 0 saturated heterocycles. The molecule has 11 aromatic rings. The molecule has 0 amide bonds.